The molecule has 2 N–H and O–H groups in total. The molecule has 0 aromatic carbocycles. The largest absolute Gasteiger partial charge is 0.329 e. The molecule has 2 nitrogen and oxygen atoms in total. The number of nitrogens with two attached hydrogens (primary N) is 1. The Morgan fingerprint density at radius 1 is 1.88 bits per heavy atom. The lowest BCUT2D eigenvalue weighted by atomic mass is 9.69. The van der Waals surface area contributed by atoms with E-state index in [2.05, 4.69) is 0 Å². The van der Waals surface area contributed by atoms with Crippen molar-refractivity contribution >= 4 is 5.78 Å². The third-order valence-corrected chi connectivity index (χ3v) is 2.03. The first-order valence-corrected chi connectivity index (χ1v) is 2.92. The summed E-state index contributed by atoms with van der Waals surface area (Å²) in [5, 5.41) is 0. The highest BCUT2D eigenvalue weighted by Gasteiger charge is 2.39. The number of Topliss-reactive ketones (excluding diaryl/α,β-unsaturated/α-hetero) is 1. The molecule has 0 radical (unpaired) electrons. The van der Waals surface area contributed by atoms with Crippen LogP contribution in [0, 0.1) is 5.41 Å². The number of carbonyl (C=O) groups is 1. The fraction of sp³-hybridized carbons (Fsp3) is 0.833. The van der Waals surface area contributed by atoms with Crippen LogP contribution >= 0.6 is 0 Å². The van der Waals surface area contributed by atoms with Gasteiger partial charge < -0.3 is 5.73 Å². The van der Waals surface area contributed by atoms with E-state index in [1.54, 1.807) is 0 Å². The maximum Gasteiger partial charge on any atom is 0.140 e. The van der Waals surface area contributed by atoms with E-state index < -0.39 is 0 Å². The van der Waals surface area contributed by atoms with Crippen molar-refractivity contribution in [2.75, 3.05) is 6.54 Å². The smallest absolute Gasteiger partial charge is 0.140 e. The second kappa shape index (κ2) is 1.55. The van der Waals surface area contributed by atoms with Gasteiger partial charge >= 0.3 is 0 Å². The summed E-state index contributed by atoms with van der Waals surface area (Å²) in [4.78, 5) is 10.7. The molecule has 1 unspecified atom stereocenters. The molecule has 1 rings (SSSR count). The molecule has 0 saturated heterocycles. The summed E-state index contributed by atoms with van der Waals surface area (Å²) in [6.07, 6.45) is 1.73. The van der Waals surface area contributed by atoms with Crippen LogP contribution in [0.5, 0.6) is 0 Å². The number of hydrogen-bond acceptors (Lipinski definition) is 2. The Kier molecular flexibility index (Phi) is 1.12. The summed E-state index contributed by atoms with van der Waals surface area (Å²) in [7, 11) is 0. The van der Waals surface area contributed by atoms with Gasteiger partial charge in [0.2, 0.25) is 0 Å². The zero-order valence-electron chi connectivity index (χ0n) is 5.11. The van der Waals surface area contributed by atoms with Gasteiger partial charge in [0.05, 0.1) is 0 Å². The van der Waals surface area contributed by atoms with Crippen LogP contribution in [0.2, 0.25) is 0 Å². The Balaban J connectivity index is 2.55. The first-order chi connectivity index (χ1) is 3.69. The highest BCUT2D eigenvalue weighted by atomic mass is 16.1. The minimum Gasteiger partial charge on any atom is -0.329 e. The summed E-state index contributed by atoms with van der Waals surface area (Å²) in [6, 6.07) is 0. The Bertz CT molecular complexity index is 118. The lowest BCUT2D eigenvalue weighted by molar-refractivity contribution is -0.135. The van der Waals surface area contributed by atoms with Crippen LogP contribution < -0.4 is 5.73 Å². The van der Waals surface area contributed by atoms with Crippen molar-refractivity contribution in [3.05, 3.63) is 0 Å². The van der Waals surface area contributed by atoms with Gasteiger partial charge in [-0.05, 0) is 6.42 Å². The highest BCUT2D eigenvalue weighted by molar-refractivity contribution is 5.90. The lowest BCUT2D eigenvalue weighted by Gasteiger charge is -2.34. The van der Waals surface area contributed by atoms with E-state index in [-0.39, 0.29) is 5.41 Å². The Hall–Kier alpha value is -0.370. The van der Waals surface area contributed by atoms with Crippen molar-refractivity contribution in [2.45, 2.75) is 19.8 Å². The molecule has 0 amide bonds. The third-order valence-electron chi connectivity index (χ3n) is 2.03. The summed E-state index contributed by atoms with van der Waals surface area (Å²) in [5.41, 5.74) is 5.20. The summed E-state index contributed by atoms with van der Waals surface area (Å²) >= 11 is 0. The first kappa shape index (κ1) is 5.76. The van der Waals surface area contributed by atoms with E-state index in [1.165, 1.54) is 0 Å². The molecule has 8 heavy (non-hydrogen) atoms. The summed E-state index contributed by atoms with van der Waals surface area (Å²) < 4.78 is 0. The first-order valence-electron chi connectivity index (χ1n) is 2.92. The van der Waals surface area contributed by atoms with Gasteiger partial charge in [-0.15, -0.1) is 0 Å². The van der Waals surface area contributed by atoms with Crippen LogP contribution in [0.1, 0.15) is 19.8 Å². The number of hydrogen-bond donors (Lipinski definition) is 1. The highest BCUT2D eigenvalue weighted by Crippen LogP contribution is 2.34. The quantitative estimate of drug-likeness (QED) is 0.532. The predicted octanol–water partition coefficient (Wildman–Crippen LogP) is 0.314. The second-order valence-electron chi connectivity index (χ2n) is 2.69. The van der Waals surface area contributed by atoms with Crippen molar-refractivity contribution in [2.24, 2.45) is 11.1 Å². The van der Waals surface area contributed by atoms with Gasteiger partial charge in [-0.3, -0.25) is 4.79 Å². The average molecular weight is 113 g/mol. The van der Waals surface area contributed by atoms with Crippen molar-refractivity contribution in [1.29, 1.82) is 0 Å². The molecule has 0 aromatic rings. The SMILES string of the molecule is CC1(CN)CCC1=O. The standard InChI is InChI=1S/C6H11NO/c1-6(4-7)3-2-5(6)8/h2-4,7H2,1H3. The van der Waals surface area contributed by atoms with Crippen LogP contribution in [-0.4, -0.2) is 12.3 Å². The molecule has 0 heterocycles. The molecule has 1 atom stereocenters. The minimum absolute atomic E-state index is 0.139. The maximum atomic E-state index is 10.7. The van der Waals surface area contributed by atoms with Gasteiger partial charge in [-0.1, -0.05) is 6.92 Å². The molecule has 1 fully saturated rings. The van der Waals surface area contributed by atoms with Crippen molar-refractivity contribution in [1.82, 2.24) is 0 Å². The van der Waals surface area contributed by atoms with Crippen molar-refractivity contribution < 1.29 is 4.79 Å². The van der Waals surface area contributed by atoms with Gasteiger partial charge in [0.15, 0.2) is 0 Å². The molecule has 0 aromatic heterocycles. The van der Waals surface area contributed by atoms with Gasteiger partial charge in [-0.25, -0.2) is 0 Å². The molecule has 0 spiro atoms. The zero-order valence-corrected chi connectivity index (χ0v) is 5.11. The fourth-order valence-corrected chi connectivity index (χ4v) is 0.870. The molecule has 0 bridgehead atoms. The number of rotatable bonds is 1. The van der Waals surface area contributed by atoms with Gasteiger partial charge in [-0.2, -0.15) is 0 Å². The van der Waals surface area contributed by atoms with Crippen LogP contribution in [-0.2, 0) is 4.79 Å². The van der Waals surface area contributed by atoms with E-state index in [1.807, 2.05) is 6.92 Å². The molecule has 46 valence electrons. The van der Waals surface area contributed by atoms with E-state index in [0.717, 1.165) is 12.8 Å². The Labute approximate surface area is 49.1 Å². The molecule has 1 aliphatic rings. The number of carbonyl (C=O) groups excluding carboxylic acids is 1. The van der Waals surface area contributed by atoms with Crippen LogP contribution in [0.15, 0.2) is 0 Å². The van der Waals surface area contributed by atoms with Crippen LogP contribution in [0.25, 0.3) is 0 Å². The molecular formula is C6H11NO. The second-order valence-corrected chi connectivity index (χ2v) is 2.69. The summed E-state index contributed by atoms with van der Waals surface area (Å²) in [6.45, 7) is 2.45. The zero-order chi connectivity index (χ0) is 6.20. The molecule has 1 aliphatic carbocycles. The van der Waals surface area contributed by atoms with Gasteiger partial charge in [0.25, 0.3) is 0 Å². The Morgan fingerprint density at radius 2 is 2.50 bits per heavy atom. The monoisotopic (exact) mass is 113 g/mol. The maximum absolute atomic E-state index is 10.7. The van der Waals surface area contributed by atoms with Crippen LogP contribution in [0.4, 0.5) is 0 Å². The lowest BCUT2D eigenvalue weighted by Crippen LogP contribution is -2.43. The third kappa shape index (κ3) is 0.564. The van der Waals surface area contributed by atoms with E-state index in [9.17, 15) is 4.79 Å². The predicted molar refractivity (Wildman–Crippen MR) is 31.4 cm³/mol. The molecule has 0 aliphatic heterocycles. The average Bonchev–Trinajstić information content (AvgIpc) is 1.83. The molecule has 1 saturated carbocycles. The topological polar surface area (TPSA) is 43.1 Å². The van der Waals surface area contributed by atoms with Crippen LogP contribution in [0.3, 0.4) is 0 Å². The van der Waals surface area contributed by atoms with Crippen molar-refractivity contribution in [3.63, 3.8) is 0 Å². The minimum atomic E-state index is -0.139. The normalized spacial score (nSPS) is 37.0. The molecule has 2 heteroatoms. The van der Waals surface area contributed by atoms with E-state index >= 15 is 0 Å². The van der Waals surface area contributed by atoms with Crippen molar-refractivity contribution in [3.8, 4) is 0 Å². The van der Waals surface area contributed by atoms with E-state index in [0.29, 0.717) is 12.3 Å². The van der Waals surface area contributed by atoms with Gasteiger partial charge in [0.1, 0.15) is 5.78 Å². The molecular weight excluding hydrogens is 102 g/mol. The summed E-state index contributed by atoms with van der Waals surface area (Å²) in [5.74, 6) is 0.333. The van der Waals surface area contributed by atoms with E-state index in [4.69, 9.17) is 5.73 Å². The van der Waals surface area contributed by atoms with Gasteiger partial charge in [0, 0.05) is 18.4 Å². The Morgan fingerprint density at radius 3 is 2.50 bits per heavy atom. The number of ketones is 1. The fourth-order valence-electron chi connectivity index (χ4n) is 0.870.